The molecule has 1 saturated carbocycles. The zero-order valence-corrected chi connectivity index (χ0v) is 9.64. The Morgan fingerprint density at radius 2 is 1.93 bits per heavy atom. The fraction of sp³-hybridized carbons (Fsp3) is 0.917. The Bertz CT molecular complexity index is 229. The van der Waals surface area contributed by atoms with Crippen LogP contribution in [0.3, 0.4) is 0 Å². The summed E-state index contributed by atoms with van der Waals surface area (Å²) in [4.78, 5) is 0. The largest absolute Gasteiger partial charge is 0.313 e. The highest BCUT2D eigenvalue weighted by molar-refractivity contribution is 5.07. The van der Waals surface area contributed by atoms with E-state index in [1.165, 1.54) is 6.42 Å². The van der Waals surface area contributed by atoms with Gasteiger partial charge in [-0.2, -0.15) is 5.26 Å². The molecule has 1 aliphatic rings. The second-order valence-electron chi connectivity index (χ2n) is 5.38. The summed E-state index contributed by atoms with van der Waals surface area (Å²) in [6.45, 7) is 6.90. The van der Waals surface area contributed by atoms with E-state index in [1.807, 2.05) is 0 Å². The van der Waals surface area contributed by atoms with E-state index in [0.717, 1.165) is 31.6 Å². The Morgan fingerprint density at radius 1 is 1.43 bits per heavy atom. The summed E-state index contributed by atoms with van der Waals surface area (Å²) in [5.74, 6) is 0.748. The van der Waals surface area contributed by atoms with Crippen molar-refractivity contribution < 1.29 is 0 Å². The lowest BCUT2D eigenvalue weighted by Crippen LogP contribution is -2.44. The summed E-state index contributed by atoms with van der Waals surface area (Å²) < 4.78 is 0. The molecule has 0 aliphatic heterocycles. The molecule has 0 aromatic heterocycles. The van der Waals surface area contributed by atoms with Crippen LogP contribution in [0.5, 0.6) is 0 Å². The Hall–Kier alpha value is -0.550. The maximum atomic E-state index is 8.92. The lowest BCUT2D eigenvalue weighted by atomic mass is 9.66. The molecule has 0 saturated heterocycles. The van der Waals surface area contributed by atoms with Gasteiger partial charge in [-0.15, -0.1) is 0 Å². The second-order valence-corrected chi connectivity index (χ2v) is 5.38. The van der Waals surface area contributed by atoms with Crippen molar-refractivity contribution in [3.63, 3.8) is 0 Å². The van der Waals surface area contributed by atoms with Gasteiger partial charge < -0.3 is 5.73 Å². The topological polar surface area (TPSA) is 49.8 Å². The molecule has 0 atom stereocenters. The number of rotatable bonds is 2. The molecule has 14 heavy (non-hydrogen) atoms. The third-order valence-electron chi connectivity index (χ3n) is 4.12. The highest BCUT2D eigenvalue weighted by Crippen LogP contribution is 2.42. The van der Waals surface area contributed by atoms with Crippen molar-refractivity contribution in [3.8, 4) is 6.07 Å². The molecule has 0 unspecified atom stereocenters. The van der Waals surface area contributed by atoms with Gasteiger partial charge >= 0.3 is 0 Å². The molecule has 1 aliphatic carbocycles. The highest BCUT2D eigenvalue weighted by atomic mass is 14.7. The van der Waals surface area contributed by atoms with Crippen molar-refractivity contribution in [2.45, 2.75) is 58.4 Å². The molecule has 0 aromatic carbocycles. The van der Waals surface area contributed by atoms with Crippen molar-refractivity contribution in [1.29, 1.82) is 5.26 Å². The van der Waals surface area contributed by atoms with E-state index in [0.29, 0.717) is 5.41 Å². The number of hydrogen-bond acceptors (Lipinski definition) is 2. The molecule has 0 radical (unpaired) electrons. The summed E-state index contributed by atoms with van der Waals surface area (Å²) in [5, 5.41) is 8.92. The summed E-state index contributed by atoms with van der Waals surface area (Å²) in [7, 11) is 0. The standard InChI is InChI=1S/C12H22N2/c1-4-11(2,3)10-5-7-12(14,9-13)8-6-10/h10H,4-8,14H2,1-3H3. The first-order valence-electron chi connectivity index (χ1n) is 5.64. The molecule has 1 fully saturated rings. The molecule has 0 spiro atoms. The van der Waals surface area contributed by atoms with E-state index in [4.69, 9.17) is 11.0 Å². The Morgan fingerprint density at radius 3 is 2.29 bits per heavy atom. The minimum atomic E-state index is -0.527. The Balaban J connectivity index is 2.56. The van der Waals surface area contributed by atoms with Crippen LogP contribution in [0.1, 0.15) is 52.9 Å². The highest BCUT2D eigenvalue weighted by Gasteiger charge is 2.37. The van der Waals surface area contributed by atoms with E-state index in [2.05, 4.69) is 26.8 Å². The predicted octanol–water partition coefficient (Wildman–Crippen LogP) is 2.83. The third-order valence-corrected chi connectivity index (χ3v) is 4.12. The van der Waals surface area contributed by atoms with Gasteiger partial charge in [0.2, 0.25) is 0 Å². The molecule has 1 rings (SSSR count). The van der Waals surface area contributed by atoms with E-state index >= 15 is 0 Å². The van der Waals surface area contributed by atoms with Gasteiger partial charge in [0.25, 0.3) is 0 Å². The van der Waals surface area contributed by atoms with Crippen LogP contribution in [0, 0.1) is 22.7 Å². The van der Waals surface area contributed by atoms with Crippen LogP contribution in [0.4, 0.5) is 0 Å². The minimum Gasteiger partial charge on any atom is -0.313 e. The van der Waals surface area contributed by atoms with Gasteiger partial charge in [-0.1, -0.05) is 27.2 Å². The Labute approximate surface area is 87.5 Å². The van der Waals surface area contributed by atoms with Crippen LogP contribution in [-0.4, -0.2) is 5.54 Å². The SMILES string of the molecule is CCC(C)(C)C1CCC(N)(C#N)CC1. The van der Waals surface area contributed by atoms with Crippen LogP contribution in [0.15, 0.2) is 0 Å². The monoisotopic (exact) mass is 194 g/mol. The number of nitriles is 1. The van der Waals surface area contributed by atoms with Gasteiger partial charge in [-0.05, 0) is 37.0 Å². The molecule has 0 amide bonds. The molecule has 0 aromatic rings. The first kappa shape index (κ1) is 11.5. The zero-order valence-electron chi connectivity index (χ0n) is 9.64. The summed E-state index contributed by atoms with van der Waals surface area (Å²) >= 11 is 0. The lowest BCUT2D eigenvalue weighted by Gasteiger charge is -2.40. The zero-order chi connectivity index (χ0) is 10.8. The first-order valence-corrected chi connectivity index (χ1v) is 5.64. The van der Waals surface area contributed by atoms with Gasteiger partial charge in [0.15, 0.2) is 0 Å². The molecule has 2 heteroatoms. The molecular weight excluding hydrogens is 172 g/mol. The van der Waals surface area contributed by atoms with E-state index in [9.17, 15) is 0 Å². The third kappa shape index (κ3) is 2.27. The van der Waals surface area contributed by atoms with Crippen LogP contribution in [0.25, 0.3) is 0 Å². The average Bonchev–Trinajstić information content (AvgIpc) is 2.19. The molecule has 0 heterocycles. The van der Waals surface area contributed by atoms with Crippen molar-refractivity contribution >= 4 is 0 Å². The van der Waals surface area contributed by atoms with Gasteiger partial charge in [-0.25, -0.2) is 0 Å². The molecule has 80 valence electrons. The number of nitrogens with two attached hydrogens (primary N) is 1. The summed E-state index contributed by atoms with van der Waals surface area (Å²) in [5.41, 5.74) is 5.83. The van der Waals surface area contributed by atoms with E-state index in [-0.39, 0.29) is 0 Å². The molecule has 0 bridgehead atoms. The summed E-state index contributed by atoms with van der Waals surface area (Å²) in [6, 6.07) is 2.25. The number of hydrogen-bond donors (Lipinski definition) is 1. The van der Waals surface area contributed by atoms with Crippen LogP contribution in [-0.2, 0) is 0 Å². The summed E-state index contributed by atoms with van der Waals surface area (Å²) in [6.07, 6.45) is 5.19. The van der Waals surface area contributed by atoms with Gasteiger partial charge in [0.05, 0.1) is 6.07 Å². The normalized spacial score (nSPS) is 33.8. The minimum absolute atomic E-state index is 0.413. The lowest BCUT2D eigenvalue weighted by molar-refractivity contribution is 0.131. The van der Waals surface area contributed by atoms with Crippen molar-refractivity contribution in [1.82, 2.24) is 0 Å². The van der Waals surface area contributed by atoms with Gasteiger partial charge in [-0.3, -0.25) is 0 Å². The van der Waals surface area contributed by atoms with Crippen LogP contribution >= 0.6 is 0 Å². The van der Waals surface area contributed by atoms with E-state index in [1.54, 1.807) is 0 Å². The van der Waals surface area contributed by atoms with Crippen LogP contribution in [0.2, 0.25) is 0 Å². The second kappa shape index (κ2) is 3.90. The molecule has 2 nitrogen and oxygen atoms in total. The smallest absolute Gasteiger partial charge is 0.104 e. The molecule has 2 N–H and O–H groups in total. The average molecular weight is 194 g/mol. The molecular formula is C12H22N2. The Kier molecular flexibility index (Phi) is 3.21. The van der Waals surface area contributed by atoms with Crippen molar-refractivity contribution in [2.75, 3.05) is 0 Å². The predicted molar refractivity (Wildman–Crippen MR) is 58.6 cm³/mol. The maximum Gasteiger partial charge on any atom is 0.104 e. The number of nitrogens with zero attached hydrogens (tertiary/aromatic N) is 1. The maximum absolute atomic E-state index is 8.92. The van der Waals surface area contributed by atoms with Crippen molar-refractivity contribution in [3.05, 3.63) is 0 Å². The van der Waals surface area contributed by atoms with Gasteiger partial charge in [0.1, 0.15) is 5.54 Å². The first-order chi connectivity index (χ1) is 6.43. The fourth-order valence-corrected chi connectivity index (χ4v) is 2.31. The van der Waals surface area contributed by atoms with Crippen molar-refractivity contribution in [2.24, 2.45) is 17.1 Å². The van der Waals surface area contributed by atoms with Gasteiger partial charge in [0, 0.05) is 0 Å². The fourth-order valence-electron chi connectivity index (χ4n) is 2.31. The van der Waals surface area contributed by atoms with E-state index < -0.39 is 5.54 Å². The van der Waals surface area contributed by atoms with Crippen LogP contribution < -0.4 is 5.73 Å². The quantitative estimate of drug-likeness (QED) is 0.734.